The Morgan fingerprint density at radius 3 is 2.61 bits per heavy atom. The van der Waals surface area contributed by atoms with E-state index in [1.807, 2.05) is 24.3 Å². The number of halogens is 2. The van der Waals surface area contributed by atoms with E-state index in [9.17, 15) is 4.79 Å². The number of rotatable bonds is 4. The van der Waals surface area contributed by atoms with Crippen molar-refractivity contribution in [3.05, 3.63) is 69.2 Å². The van der Waals surface area contributed by atoms with Gasteiger partial charge in [0.2, 0.25) is 0 Å². The SMILES string of the molecule is O=C(/C=C/c1nc2ccccc2s1)OCc1c(Cl)cccc1Cl. The van der Waals surface area contributed by atoms with Crippen molar-refractivity contribution in [3.63, 3.8) is 0 Å². The van der Waals surface area contributed by atoms with Crippen LogP contribution in [0.2, 0.25) is 10.0 Å². The molecule has 0 bridgehead atoms. The van der Waals surface area contributed by atoms with E-state index >= 15 is 0 Å². The molecule has 3 nitrogen and oxygen atoms in total. The normalized spacial score (nSPS) is 11.2. The lowest BCUT2D eigenvalue weighted by Gasteiger charge is -2.06. The molecule has 0 atom stereocenters. The fourth-order valence-corrected chi connectivity index (χ4v) is 3.34. The summed E-state index contributed by atoms with van der Waals surface area (Å²) in [4.78, 5) is 16.2. The molecule has 0 aliphatic carbocycles. The molecule has 116 valence electrons. The van der Waals surface area contributed by atoms with Crippen molar-refractivity contribution in [3.8, 4) is 0 Å². The van der Waals surface area contributed by atoms with Crippen LogP contribution in [0.25, 0.3) is 16.3 Å². The predicted molar refractivity (Wildman–Crippen MR) is 94.9 cm³/mol. The van der Waals surface area contributed by atoms with Gasteiger partial charge in [-0.25, -0.2) is 9.78 Å². The zero-order valence-electron chi connectivity index (χ0n) is 11.8. The fraction of sp³-hybridized carbons (Fsp3) is 0.0588. The molecule has 0 spiro atoms. The summed E-state index contributed by atoms with van der Waals surface area (Å²) in [7, 11) is 0. The minimum absolute atomic E-state index is 0.0293. The highest BCUT2D eigenvalue weighted by Gasteiger charge is 2.08. The lowest BCUT2D eigenvalue weighted by molar-refractivity contribution is -0.138. The summed E-state index contributed by atoms with van der Waals surface area (Å²) in [5, 5.41) is 1.69. The summed E-state index contributed by atoms with van der Waals surface area (Å²) in [5.41, 5.74) is 1.51. The standard InChI is InChI=1S/C17H11Cl2NO2S/c18-12-4-3-5-13(19)11(12)10-22-17(21)9-8-16-20-14-6-1-2-7-15(14)23-16/h1-9H,10H2/b9-8+. The Morgan fingerprint density at radius 2 is 1.87 bits per heavy atom. The van der Waals surface area contributed by atoms with Gasteiger partial charge in [0.1, 0.15) is 11.6 Å². The molecule has 0 N–H and O–H groups in total. The molecule has 0 unspecified atom stereocenters. The van der Waals surface area contributed by atoms with Gasteiger partial charge in [0.15, 0.2) is 0 Å². The molecule has 0 saturated heterocycles. The molecule has 0 saturated carbocycles. The van der Waals surface area contributed by atoms with E-state index in [1.54, 1.807) is 24.3 Å². The fourth-order valence-electron chi connectivity index (χ4n) is 1.96. The van der Waals surface area contributed by atoms with Gasteiger partial charge >= 0.3 is 5.97 Å². The first-order valence-corrected chi connectivity index (χ1v) is 8.34. The predicted octanol–water partition coefficient (Wildman–Crippen LogP) is 5.36. The molecule has 1 aromatic heterocycles. The van der Waals surface area contributed by atoms with E-state index in [0.717, 1.165) is 15.2 Å². The Labute approximate surface area is 147 Å². The molecule has 1 heterocycles. The van der Waals surface area contributed by atoms with Crippen molar-refractivity contribution in [2.45, 2.75) is 6.61 Å². The number of hydrogen-bond acceptors (Lipinski definition) is 4. The quantitative estimate of drug-likeness (QED) is 0.462. The summed E-state index contributed by atoms with van der Waals surface area (Å²) in [6, 6.07) is 12.9. The van der Waals surface area contributed by atoms with Crippen molar-refractivity contribution in [2.75, 3.05) is 0 Å². The van der Waals surface area contributed by atoms with Gasteiger partial charge in [0.25, 0.3) is 0 Å². The van der Waals surface area contributed by atoms with E-state index in [1.165, 1.54) is 17.4 Å². The topological polar surface area (TPSA) is 39.2 Å². The number of nitrogens with zero attached hydrogens (tertiary/aromatic N) is 1. The highest BCUT2D eigenvalue weighted by molar-refractivity contribution is 7.19. The Kier molecular flexibility index (Phi) is 4.96. The lowest BCUT2D eigenvalue weighted by Crippen LogP contribution is -2.01. The van der Waals surface area contributed by atoms with Gasteiger partial charge in [-0.2, -0.15) is 0 Å². The molecule has 0 aliphatic rings. The van der Waals surface area contributed by atoms with Crippen LogP contribution in [0.1, 0.15) is 10.6 Å². The molecule has 0 amide bonds. The van der Waals surface area contributed by atoms with Crippen LogP contribution in [0, 0.1) is 0 Å². The number of thiazole rings is 1. The monoisotopic (exact) mass is 363 g/mol. The van der Waals surface area contributed by atoms with Crippen LogP contribution in [-0.4, -0.2) is 11.0 Å². The van der Waals surface area contributed by atoms with Crippen molar-refractivity contribution in [1.29, 1.82) is 0 Å². The van der Waals surface area contributed by atoms with Crippen LogP contribution in [0.3, 0.4) is 0 Å². The van der Waals surface area contributed by atoms with Crippen molar-refractivity contribution < 1.29 is 9.53 Å². The number of benzene rings is 2. The molecule has 0 fully saturated rings. The summed E-state index contributed by atoms with van der Waals surface area (Å²) in [6.07, 6.45) is 2.99. The molecular formula is C17H11Cl2NO2S. The molecule has 23 heavy (non-hydrogen) atoms. The number of ether oxygens (including phenoxy) is 1. The molecule has 6 heteroatoms. The Morgan fingerprint density at radius 1 is 1.13 bits per heavy atom. The van der Waals surface area contributed by atoms with Crippen LogP contribution in [0.4, 0.5) is 0 Å². The van der Waals surface area contributed by atoms with Gasteiger partial charge in [-0.3, -0.25) is 0 Å². The number of aromatic nitrogens is 1. The first kappa shape index (κ1) is 16.0. The minimum Gasteiger partial charge on any atom is -0.458 e. The summed E-state index contributed by atoms with van der Waals surface area (Å²) in [5.74, 6) is -0.472. The zero-order chi connectivity index (χ0) is 16.2. The molecular weight excluding hydrogens is 353 g/mol. The minimum atomic E-state index is -0.472. The third-order valence-electron chi connectivity index (χ3n) is 3.09. The van der Waals surface area contributed by atoms with E-state index in [2.05, 4.69) is 4.98 Å². The number of carbonyl (C=O) groups is 1. The van der Waals surface area contributed by atoms with Gasteiger partial charge in [-0.05, 0) is 30.3 Å². The highest BCUT2D eigenvalue weighted by atomic mass is 35.5. The second kappa shape index (κ2) is 7.13. The molecule has 0 radical (unpaired) electrons. The van der Waals surface area contributed by atoms with E-state index in [-0.39, 0.29) is 6.61 Å². The second-order valence-corrected chi connectivity index (χ2v) is 6.54. The van der Waals surface area contributed by atoms with Gasteiger partial charge in [0, 0.05) is 21.7 Å². The summed E-state index contributed by atoms with van der Waals surface area (Å²) >= 11 is 13.6. The average molecular weight is 364 g/mol. The molecule has 3 rings (SSSR count). The summed E-state index contributed by atoms with van der Waals surface area (Å²) < 4.78 is 6.24. The van der Waals surface area contributed by atoms with Crippen molar-refractivity contribution >= 4 is 56.8 Å². The largest absolute Gasteiger partial charge is 0.458 e. The zero-order valence-corrected chi connectivity index (χ0v) is 14.2. The van der Waals surface area contributed by atoms with Crippen molar-refractivity contribution in [1.82, 2.24) is 4.98 Å². The number of carbonyl (C=O) groups excluding carboxylic acids is 1. The molecule has 2 aromatic carbocycles. The smallest absolute Gasteiger partial charge is 0.331 e. The number of esters is 1. The van der Waals surface area contributed by atoms with Gasteiger partial charge in [0.05, 0.1) is 10.2 Å². The first-order valence-electron chi connectivity index (χ1n) is 6.77. The molecule has 0 aliphatic heterocycles. The third-order valence-corrected chi connectivity index (χ3v) is 4.80. The average Bonchev–Trinajstić information content (AvgIpc) is 2.95. The van der Waals surface area contributed by atoms with E-state index in [4.69, 9.17) is 27.9 Å². The number of fused-ring (bicyclic) bond motifs is 1. The van der Waals surface area contributed by atoms with E-state index in [0.29, 0.717) is 15.6 Å². The Balaban J connectivity index is 1.65. The van der Waals surface area contributed by atoms with E-state index < -0.39 is 5.97 Å². The van der Waals surface area contributed by atoms with Crippen molar-refractivity contribution in [2.24, 2.45) is 0 Å². The van der Waals surface area contributed by atoms with Gasteiger partial charge < -0.3 is 4.74 Å². The van der Waals surface area contributed by atoms with Crippen LogP contribution in [0.15, 0.2) is 48.5 Å². The first-order chi connectivity index (χ1) is 11.1. The maximum Gasteiger partial charge on any atom is 0.331 e. The van der Waals surface area contributed by atoms with Crippen LogP contribution < -0.4 is 0 Å². The maximum atomic E-state index is 11.8. The number of para-hydroxylation sites is 1. The Bertz CT molecular complexity index is 836. The van der Waals surface area contributed by atoms with Gasteiger partial charge in [-0.15, -0.1) is 11.3 Å². The third kappa shape index (κ3) is 3.91. The Hall–Kier alpha value is -1.88. The second-order valence-electron chi connectivity index (χ2n) is 4.66. The van der Waals surface area contributed by atoms with Crippen LogP contribution in [-0.2, 0) is 16.1 Å². The highest BCUT2D eigenvalue weighted by Crippen LogP contribution is 2.25. The molecule has 3 aromatic rings. The summed E-state index contributed by atoms with van der Waals surface area (Å²) in [6.45, 7) is 0.0293. The lowest BCUT2D eigenvalue weighted by atomic mass is 10.2. The maximum absolute atomic E-state index is 11.8. The van der Waals surface area contributed by atoms with Gasteiger partial charge in [-0.1, -0.05) is 41.4 Å². The van der Waals surface area contributed by atoms with Crippen LogP contribution >= 0.6 is 34.5 Å². The number of hydrogen-bond donors (Lipinski definition) is 0. The van der Waals surface area contributed by atoms with Crippen LogP contribution in [0.5, 0.6) is 0 Å².